The molecule has 1 aliphatic rings. The third-order valence-corrected chi connectivity index (χ3v) is 7.30. The normalized spacial score (nSPS) is 15.8. The fourth-order valence-corrected chi connectivity index (χ4v) is 4.79. The average molecular weight is 622 g/mol. The highest BCUT2D eigenvalue weighted by molar-refractivity contribution is 6.18. The number of nitrogens with one attached hydrogen (secondary N) is 1. The summed E-state index contributed by atoms with van der Waals surface area (Å²) in [6, 6.07) is 2.45. The Morgan fingerprint density at radius 1 is 1.05 bits per heavy atom. The lowest BCUT2D eigenvalue weighted by atomic mass is 9.87. The van der Waals surface area contributed by atoms with E-state index in [1.165, 1.54) is 40.0 Å². The van der Waals surface area contributed by atoms with Gasteiger partial charge in [-0.2, -0.15) is 5.01 Å². The minimum atomic E-state index is -1.38. The van der Waals surface area contributed by atoms with Gasteiger partial charge in [0.15, 0.2) is 6.29 Å². The van der Waals surface area contributed by atoms with Gasteiger partial charge in [-0.3, -0.25) is 4.79 Å². The van der Waals surface area contributed by atoms with Gasteiger partial charge < -0.3 is 30.1 Å². The van der Waals surface area contributed by atoms with Crippen LogP contribution < -0.4 is 14.8 Å². The Balaban J connectivity index is 0.000000344. The Bertz CT molecular complexity index is 1370. The summed E-state index contributed by atoms with van der Waals surface area (Å²) in [6.45, 7) is 6.72. The van der Waals surface area contributed by atoms with Crippen molar-refractivity contribution in [1.82, 2.24) is 10.3 Å². The molecular weight excluding hydrogens is 586 g/mol. The van der Waals surface area contributed by atoms with E-state index in [2.05, 4.69) is 17.5 Å². The van der Waals surface area contributed by atoms with Crippen LogP contribution in [0.4, 0.5) is 4.79 Å². The lowest BCUT2D eigenvalue weighted by molar-refractivity contribution is 0.0681. The number of nitroso groups, excluding NO2 is 1. The summed E-state index contributed by atoms with van der Waals surface area (Å²) in [6.07, 6.45) is 4.54. The number of aromatic hydroxyl groups is 2. The maximum Gasteiger partial charge on any atom is 0.347 e. The molecule has 234 valence electrons. The molecule has 0 aliphatic heterocycles. The fourth-order valence-electron chi connectivity index (χ4n) is 4.63. The van der Waals surface area contributed by atoms with Crippen LogP contribution in [0.1, 0.15) is 80.4 Å². The number of phenolic OH excluding ortho intramolecular Hbond substituents is 1. The number of benzene rings is 2. The van der Waals surface area contributed by atoms with Gasteiger partial charge >= 0.3 is 18.0 Å². The van der Waals surface area contributed by atoms with Crippen LogP contribution in [0.15, 0.2) is 17.4 Å². The number of carbonyl (C=O) groups excluding carboxylic acids is 3. The molecule has 0 atom stereocenters. The van der Waals surface area contributed by atoms with E-state index >= 15 is 0 Å². The molecule has 0 spiro atoms. The molecule has 2 aromatic carbocycles. The number of esters is 1. The van der Waals surface area contributed by atoms with Crippen molar-refractivity contribution in [3.05, 3.63) is 50.4 Å². The summed E-state index contributed by atoms with van der Waals surface area (Å²) in [4.78, 5) is 57.2. The monoisotopic (exact) mass is 621 g/mol. The number of carbonyl (C=O) groups is 4. The summed E-state index contributed by atoms with van der Waals surface area (Å²) in [5, 5.41) is 35.8. The van der Waals surface area contributed by atoms with E-state index in [0.29, 0.717) is 11.8 Å². The number of alkyl halides is 1. The number of amides is 2. The second kappa shape index (κ2) is 15.7. The van der Waals surface area contributed by atoms with Gasteiger partial charge in [-0.25, -0.2) is 14.4 Å². The molecule has 2 amide bonds. The zero-order valence-corrected chi connectivity index (χ0v) is 25.4. The summed E-state index contributed by atoms with van der Waals surface area (Å²) in [5.41, 5.74) is -0.307. The highest BCUT2D eigenvalue weighted by Gasteiger charge is 2.26. The number of carboxylic acids is 1. The molecule has 13 nitrogen and oxygen atoms in total. The van der Waals surface area contributed by atoms with Crippen molar-refractivity contribution in [1.29, 1.82) is 0 Å². The molecule has 0 heterocycles. The Morgan fingerprint density at radius 3 is 2.16 bits per heavy atom. The molecule has 3 rings (SSSR count). The molecule has 4 N–H and O–H groups in total. The van der Waals surface area contributed by atoms with Gasteiger partial charge in [-0.15, -0.1) is 16.5 Å². The van der Waals surface area contributed by atoms with Crippen molar-refractivity contribution in [2.45, 2.75) is 59.4 Å². The van der Waals surface area contributed by atoms with Gasteiger partial charge in [0.2, 0.25) is 0 Å². The average Bonchev–Trinajstić information content (AvgIpc) is 2.95. The number of rotatable bonds is 9. The van der Waals surface area contributed by atoms with Crippen LogP contribution in [0, 0.1) is 31.6 Å². The first-order valence-corrected chi connectivity index (χ1v) is 14.0. The molecule has 0 bridgehead atoms. The third-order valence-electron chi connectivity index (χ3n) is 7.13. The highest BCUT2D eigenvalue weighted by Crippen LogP contribution is 2.36. The van der Waals surface area contributed by atoms with E-state index in [4.69, 9.17) is 21.1 Å². The molecule has 2 aromatic rings. The molecule has 0 radical (unpaired) electrons. The van der Waals surface area contributed by atoms with Crippen LogP contribution in [0.25, 0.3) is 0 Å². The predicted molar refractivity (Wildman–Crippen MR) is 157 cm³/mol. The smallest absolute Gasteiger partial charge is 0.347 e. The van der Waals surface area contributed by atoms with Crippen molar-refractivity contribution >= 4 is 35.9 Å². The van der Waals surface area contributed by atoms with Crippen molar-refractivity contribution in [3.63, 3.8) is 0 Å². The molecule has 1 saturated carbocycles. The van der Waals surface area contributed by atoms with Crippen LogP contribution in [0.3, 0.4) is 0 Å². The Kier molecular flexibility index (Phi) is 12.7. The summed E-state index contributed by atoms with van der Waals surface area (Å²) in [5.74, 6) is -2.43. The number of aryl methyl sites for hydroxylation is 2. The number of ether oxygens (including phenoxy) is 2. The first kappa shape index (κ1) is 34.8. The predicted octanol–water partition coefficient (Wildman–Crippen LogP) is 5.26. The maximum absolute atomic E-state index is 12.6. The molecular formula is C29H36ClN3O10. The van der Waals surface area contributed by atoms with E-state index in [1.807, 2.05) is 0 Å². The highest BCUT2D eigenvalue weighted by atomic mass is 35.5. The number of aldehydes is 1. The van der Waals surface area contributed by atoms with Crippen LogP contribution in [0.5, 0.6) is 23.0 Å². The van der Waals surface area contributed by atoms with E-state index in [0.717, 1.165) is 36.6 Å². The number of hydrogen-bond donors (Lipinski definition) is 4. The third kappa shape index (κ3) is 8.57. The molecule has 43 heavy (non-hydrogen) atoms. The minimum absolute atomic E-state index is 0.0419. The van der Waals surface area contributed by atoms with Gasteiger partial charge in [0.25, 0.3) is 0 Å². The zero-order valence-electron chi connectivity index (χ0n) is 24.6. The van der Waals surface area contributed by atoms with Crippen molar-refractivity contribution in [2.24, 2.45) is 11.2 Å². The lowest BCUT2D eigenvalue weighted by Gasteiger charge is -2.27. The first-order chi connectivity index (χ1) is 20.3. The number of aromatic carboxylic acids is 1. The van der Waals surface area contributed by atoms with Crippen LogP contribution in [-0.4, -0.2) is 70.2 Å². The molecule has 0 unspecified atom stereocenters. The van der Waals surface area contributed by atoms with E-state index < -0.39 is 29.5 Å². The van der Waals surface area contributed by atoms with Crippen molar-refractivity contribution < 1.29 is 44.0 Å². The van der Waals surface area contributed by atoms with Crippen molar-refractivity contribution in [3.8, 4) is 23.0 Å². The molecule has 0 aromatic heterocycles. The fraction of sp³-hybridized carbons (Fsp3) is 0.448. The Labute approximate surface area is 253 Å². The van der Waals surface area contributed by atoms with Crippen LogP contribution in [0.2, 0.25) is 0 Å². The number of methoxy groups -OCH3 is 1. The van der Waals surface area contributed by atoms with E-state index in [-0.39, 0.29) is 57.8 Å². The lowest BCUT2D eigenvalue weighted by Crippen LogP contribution is -2.44. The first-order valence-electron chi connectivity index (χ1n) is 13.4. The van der Waals surface area contributed by atoms with E-state index in [9.17, 15) is 39.4 Å². The number of carboxylic acid groups (broad SMARTS) is 1. The standard InChI is InChI=1S/C19H18O8.C10H18ClN3O2/c1-8-5-13(26-4)11(7-20)17(22)14(8)19(25)27-12-6-9(2)16(21)15(10(12)3)18(23)24;1-8-2-4-9(5-3-8)12-10(15)14(13-16)7-6-11/h5-7,21-22H,1-4H3,(H,23,24);8-9H,2-7H2,1H3,(H,12,15). The number of halogens is 1. The van der Waals surface area contributed by atoms with Gasteiger partial charge in [0.1, 0.15) is 34.1 Å². The van der Waals surface area contributed by atoms with Gasteiger partial charge in [0, 0.05) is 17.5 Å². The number of hydrogen-bond acceptors (Lipinski definition) is 10. The largest absolute Gasteiger partial charge is 0.507 e. The second-order valence-corrected chi connectivity index (χ2v) is 10.6. The van der Waals surface area contributed by atoms with Crippen molar-refractivity contribution in [2.75, 3.05) is 19.5 Å². The molecule has 1 fully saturated rings. The quantitative estimate of drug-likeness (QED) is 0.0717. The number of urea groups is 1. The minimum Gasteiger partial charge on any atom is -0.507 e. The Morgan fingerprint density at radius 2 is 1.65 bits per heavy atom. The molecule has 0 saturated heterocycles. The maximum atomic E-state index is 12.6. The van der Waals surface area contributed by atoms with Gasteiger partial charge in [0.05, 0.1) is 24.5 Å². The number of phenols is 2. The summed E-state index contributed by atoms with van der Waals surface area (Å²) >= 11 is 5.46. The Hall–Kier alpha value is -4.39. The van der Waals surface area contributed by atoms with Gasteiger partial charge in [-0.1, -0.05) is 6.92 Å². The summed E-state index contributed by atoms with van der Waals surface area (Å²) < 4.78 is 10.3. The van der Waals surface area contributed by atoms with Gasteiger partial charge in [-0.05, 0) is 75.6 Å². The topological polar surface area (TPSA) is 192 Å². The zero-order chi connectivity index (χ0) is 32.4. The van der Waals surface area contributed by atoms with Crippen LogP contribution >= 0.6 is 11.6 Å². The van der Waals surface area contributed by atoms with E-state index in [1.54, 1.807) is 0 Å². The molecule has 14 heteroatoms. The summed E-state index contributed by atoms with van der Waals surface area (Å²) in [7, 11) is 1.31. The van der Waals surface area contributed by atoms with Crippen LogP contribution in [-0.2, 0) is 0 Å². The number of nitrogens with zero attached hydrogens (tertiary/aromatic N) is 2. The molecule has 1 aliphatic carbocycles. The SMILES string of the molecule is CC1CCC(NC(=O)N(CCCl)N=O)CC1.COc1cc(C)c(C(=O)Oc2cc(C)c(O)c(C(=O)O)c2C)c(O)c1C=O. The second-order valence-electron chi connectivity index (χ2n) is 10.2.